The second kappa shape index (κ2) is 13.1. The molecule has 4 rings (SSSR count). The maximum atomic E-state index is 10.9. The first kappa shape index (κ1) is 26.4. The summed E-state index contributed by atoms with van der Waals surface area (Å²) in [6.45, 7) is 2.24. The predicted molar refractivity (Wildman–Crippen MR) is 145 cm³/mol. The van der Waals surface area contributed by atoms with Crippen LogP contribution in [0.3, 0.4) is 0 Å². The lowest BCUT2D eigenvalue weighted by atomic mass is 10.1. The van der Waals surface area contributed by atoms with Crippen molar-refractivity contribution in [2.75, 3.05) is 33.9 Å². The maximum absolute atomic E-state index is 10.9. The van der Waals surface area contributed by atoms with Gasteiger partial charge in [0.2, 0.25) is 5.88 Å². The number of aryl methyl sites for hydroxylation is 1. The van der Waals surface area contributed by atoms with E-state index >= 15 is 0 Å². The summed E-state index contributed by atoms with van der Waals surface area (Å²) in [5, 5.41) is 15.8. The van der Waals surface area contributed by atoms with Crippen molar-refractivity contribution in [1.29, 1.82) is 0 Å². The van der Waals surface area contributed by atoms with Gasteiger partial charge in [0.05, 0.1) is 25.4 Å². The second-order valence-electron chi connectivity index (χ2n) is 8.97. The van der Waals surface area contributed by atoms with Crippen LogP contribution in [0.1, 0.15) is 11.1 Å². The van der Waals surface area contributed by atoms with Crippen LogP contribution in [-0.2, 0) is 24.8 Å². The molecule has 0 bridgehead atoms. The van der Waals surface area contributed by atoms with Crippen molar-refractivity contribution in [3.8, 4) is 28.6 Å². The highest BCUT2D eigenvalue weighted by Crippen LogP contribution is 2.34. The standard InChI is InChI=1S/C30H35N3O4/c1-32-30(37-27-16-14-26(36-3)15-17-27)28(29(31-32)24-12-8-5-9-13-24)22-33(18-19-35-2)21-25(34)20-23-10-6-4-7-11-23/h4-17,25,34H,18-22H2,1-3H3/t25-/m1/s1. The second-order valence-corrected chi connectivity index (χ2v) is 8.97. The van der Waals surface area contributed by atoms with Crippen LogP contribution in [0.5, 0.6) is 17.4 Å². The Morgan fingerprint density at radius 2 is 1.54 bits per heavy atom. The molecule has 0 saturated carbocycles. The molecule has 37 heavy (non-hydrogen) atoms. The van der Waals surface area contributed by atoms with E-state index in [9.17, 15) is 5.11 Å². The van der Waals surface area contributed by atoms with Gasteiger partial charge in [-0.05, 0) is 36.2 Å². The van der Waals surface area contributed by atoms with Crippen molar-refractivity contribution >= 4 is 0 Å². The molecule has 0 amide bonds. The van der Waals surface area contributed by atoms with Crippen molar-refractivity contribution < 1.29 is 19.3 Å². The number of rotatable bonds is 13. The van der Waals surface area contributed by atoms with Crippen LogP contribution in [0, 0.1) is 0 Å². The quantitative estimate of drug-likeness (QED) is 0.280. The molecule has 1 heterocycles. The van der Waals surface area contributed by atoms with E-state index in [-0.39, 0.29) is 0 Å². The number of aromatic nitrogens is 2. The van der Waals surface area contributed by atoms with Gasteiger partial charge in [0.15, 0.2) is 0 Å². The lowest BCUT2D eigenvalue weighted by Gasteiger charge is -2.25. The molecule has 0 aliphatic heterocycles. The lowest BCUT2D eigenvalue weighted by molar-refractivity contribution is 0.0848. The number of aliphatic hydroxyl groups is 1. The van der Waals surface area contributed by atoms with Crippen molar-refractivity contribution in [1.82, 2.24) is 14.7 Å². The van der Waals surface area contributed by atoms with Gasteiger partial charge < -0.3 is 19.3 Å². The molecule has 3 aromatic carbocycles. The molecule has 7 nitrogen and oxygen atoms in total. The minimum Gasteiger partial charge on any atom is -0.497 e. The van der Waals surface area contributed by atoms with Gasteiger partial charge in [0, 0.05) is 39.4 Å². The van der Waals surface area contributed by atoms with E-state index in [1.54, 1.807) is 18.9 Å². The van der Waals surface area contributed by atoms with E-state index in [2.05, 4.69) is 4.90 Å². The van der Waals surface area contributed by atoms with Crippen LogP contribution in [0.25, 0.3) is 11.3 Å². The summed E-state index contributed by atoms with van der Waals surface area (Å²) >= 11 is 0. The lowest BCUT2D eigenvalue weighted by Crippen LogP contribution is -2.35. The summed E-state index contributed by atoms with van der Waals surface area (Å²) in [5.41, 5.74) is 3.92. The highest BCUT2D eigenvalue weighted by Gasteiger charge is 2.23. The fraction of sp³-hybridized carbons (Fsp3) is 0.300. The summed E-state index contributed by atoms with van der Waals surface area (Å²) in [4.78, 5) is 2.20. The van der Waals surface area contributed by atoms with Gasteiger partial charge in [-0.3, -0.25) is 4.90 Å². The van der Waals surface area contributed by atoms with Crippen molar-refractivity contribution in [2.24, 2.45) is 7.05 Å². The van der Waals surface area contributed by atoms with Gasteiger partial charge in [-0.1, -0.05) is 60.7 Å². The van der Waals surface area contributed by atoms with E-state index in [1.807, 2.05) is 92.0 Å². The Morgan fingerprint density at radius 3 is 2.19 bits per heavy atom. The zero-order valence-electron chi connectivity index (χ0n) is 21.7. The van der Waals surface area contributed by atoms with Gasteiger partial charge in [-0.15, -0.1) is 0 Å². The third-order valence-corrected chi connectivity index (χ3v) is 6.19. The van der Waals surface area contributed by atoms with E-state index in [4.69, 9.17) is 19.3 Å². The molecular formula is C30H35N3O4. The van der Waals surface area contributed by atoms with E-state index in [0.29, 0.717) is 44.3 Å². The first-order valence-electron chi connectivity index (χ1n) is 12.4. The van der Waals surface area contributed by atoms with Crippen molar-refractivity contribution in [2.45, 2.75) is 19.1 Å². The average molecular weight is 502 g/mol. The Kier molecular flexibility index (Phi) is 9.32. The first-order chi connectivity index (χ1) is 18.1. The summed E-state index contributed by atoms with van der Waals surface area (Å²) in [5.74, 6) is 2.11. The third kappa shape index (κ3) is 7.20. The summed E-state index contributed by atoms with van der Waals surface area (Å²) in [6, 6.07) is 27.6. The smallest absolute Gasteiger partial charge is 0.222 e. The molecule has 0 radical (unpaired) electrons. The van der Waals surface area contributed by atoms with Gasteiger partial charge in [-0.25, -0.2) is 4.68 Å². The van der Waals surface area contributed by atoms with Crippen molar-refractivity contribution in [3.05, 3.63) is 96.1 Å². The Balaban J connectivity index is 1.63. The fourth-order valence-corrected chi connectivity index (χ4v) is 4.33. The number of benzene rings is 3. The minimum atomic E-state index is -0.526. The maximum Gasteiger partial charge on any atom is 0.222 e. The Labute approximate surface area is 218 Å². The normalized spacial score (nSPS) is 12.0. The van der Waals surface area contributed by atoms with Gasteiger partial charge in [0.1, 0.15) is 17.2 Å². The number of hydrogen-bond donors (Lipinski definition) is 1. The first-order valence-corrected chi connectivity index (χ1v) is 12.4. The van der Waals surface area contributed by atoms with Crippen LogP contribution in [-0.4, -0.2) is 59.8 Å². The van der Waals surface area contributed by atoms with E-state index in [0.717, 1.165) is 28.1 Å². The zero-order chi connectivity index (χ0) is 26.0. The van der Waals surface area contributed by atoms with E-state index < -0.39 is 6.10 Å². The summed E-state index contributed by atoms with van der Waals surface area (Å²) in [6.07, 6.45) is 0.0556. The molecule has 0 aliphatic rings. The molecule has 0 unspecified atom stereocenters. The van der Waals surface area contributed by atoms with Crippen LogP contribution >= 0.6 is 0 Å². The summed E-state index contributed by atoms with van der Waals surface area (Å²) in [7, 11) is 5.22. The molecule has 194 valence electrons. The zero-order valence-corrected chi connectivity index (χ0v) is 21.7. The molecule has 0 aliphatic carbocycles. The molecule has 0 spiro atoms. The Bertz CT molecular complexity index is 1230. The van der Waals surface area contributed by atoms with Gasteiger partial charge in [-0.2, -0.15) is 5.10 Å². The minimum absolute atomic E-state index is 0.489. The topological polar surface area (TPSA) is 69.0 Å². The van der Waals surface area contributed by atoms with E-state index in [1.165, 1.54) is 0 Å². The van der Waals surface area contributed by atoms with Gasteiger partial charge >= 0.3 is 0 Å². The van der Waals surface area contributed by atoms with Crippen LogP contribution in [0.4, 0.5) is 0 Å². The highest BCUT2D eigenvalue weighted by molar-refractivity contribution is 5.65. The highest BCUT2D eigenvalue weighted by atomic mass is 16.5. The SMILES string of the molecule is COCCN(Cc1c(-c2ccccc2)nn(C)c1Oc1ccc(OC)cc1)C[C@H](O)Cc1ccccc1. The molecule has 0 saturated heterocycles. The van der Waals surface area contributed by atoms with Crippen LogP contribution < -0.4 is 9.47 Å². The summed E-state index contributed by atoms with van der Waals surface area (Å²) < 4.78 is 18.8. The number of aliphatic hydroxyl groups excluding tert-OH is 1. The monoisotopic (exact) mass is 501 g/mol. The average Bonchev–Trinajstić information content (AvgIpc) is 3.23. The Hall–Kier alpha value is -3.65. The van der Waals surface area contributed by atoms with Crippen molar-refractivity contribution in [3.63, 3.8) is 0 Å². The number of ether oxygens (including phenoxy) is 3. The number of hydrogen-bond acceptors (Lipinski definition) is 6. The molecular weight excluding hydrogens is 466 g/mol. The fourth-order valence-electron chi connectivity index (χ4n) is 4.33. The predicted octanol–water partition coefficient (Wildman–Crippen LogP) is 4.94. The Morgan fingerprint density at radius 1 is 0.892 bits per heavy atom. The molecule has 0 fully saturated rings. The van der Waals surface area contributed by atoms with Gasteiger partial charge in [0.25, 0.3) is 0 Å². The number of nitrogens with zero attached hydrogens (tertiary/aromatic N) is 3. The van der Waals surface area contributed by atoms with Crippen LogP contribution in [0.15, 0.2) is 84.9 Å². The largest absolute Gasteiger partial charge is 0.497 e. The molecule has 7 heteroatoms. The molecule has 1 aromatic heterocycles. The molecule has 4 aromatic rings. The molecule has 1 N–H and O–H groups in total. The number of methoxy groups -OCH3 is 2. The third-order valence-electron chi connectivity index (χ3n) is 6.19. The molecule has 1 atom stereocenters. The van der Waals surface area contributed by atoms with Crippen LogP contribution in [0.2, 0.25) is 0 Å².